The number of hydrogen-bond donors (Lipinski definition) is 0. The molecule has 0 spiro atoms. The van der Waals surface area contributed by atoms with Crippen molar-refractivity contribution in [2.45, 2.75) is 56.9 Å². The molecule has 0 N–H and O–H groups in total. The van der Waals surface area contributed by atoms with Crippen molar-refractivity contribution in [2.75, 3.05) is 0 Å². The van der Waals surface area contributed by atoms with Crippen molar-refractivity contribution < 1.29 is 14.6 Å². The van der Waals surface area contributed by atoms with Gasteiger partial charge in [-0.15, -0.1) is 0 Å². The Morgan fingerprint density at radius 3 is 1.68 bits per heavy atom. The molecule has 2 unspecified atom stereocenters. The van der Waals surface area contributed by atoms with E-state index >= 15 is 0 Å². The molecule has 2 aromatic carbocycles. The predicted octanol–water partition coefficient (Wildman–Crippen LogP) is 6.78. The first-order chi connectivity index (χ1) is 12.9. The fourth-order valence-corrected chi connectivity index (χ4v) is 30.7. The summed E-state index contributed by atoms with van der Waals surface area (Å²) in [5.74, 6) is -1.40. The molecule has 0 amide bonds. The van der Waals surface area contributed by atoms with E-state index < -0.39 is 20.5 Å². The second-order valence-electron chi connectivity index (χ2n) is 10.6. The van der Waals surface area contributed by atoms with E-state index in [9.17, 15) is 0 Å². The molecule has 0 aliphatic heterocycles. The molecule has 0 saturated carbocycles. The SMILES string of the molecule is CC1=C(C)C(C)[C]([Ti]([CH3])([CH3])([CH3])[Si](C)(c2ccccc2)c2ccc(C)cc2)=C1C. The molecule has 2 atom stereocenters. The fourth-order valence-electron chi connectivity index (χ4n) is 5.88. The van der Waals surface area contributed by atoms with E-state index in [1.54, 1.807) is 21.5 Å². The fraction of sp³-hybridized carbons (Fsp3) is 0.385. The van der Waals surface area contributed by atoms with E-state index in [-0.39, 0.29) is 0 Å². The molecule has 1 aliphatic rings. The monoisotopic (exact) mass is 425 g/mol. The van der Waals surface area contributed by atoms with Crippen LogP contribution in [-0.2, 0) is 14.6 Å². The molecule has 0 nitrogen and oxygen atoms in total. The third-order valence-corrected chi connectivity index (χ3v) is 39.2. The molecule has 28 heavy (non-hydrogen) atoms. The second kappa shape index (κ2) is 6.97. The molecule has 0 heterocycles. The average Bonchev–Trinajstić information content (AvgIpc) is 2.85. The average molecular weight is 426 g/mol. The van der Waals surface area contributed by atoms with Gasteiger partial charge in [0.05, 0.1) is 0 Å². The molecule has 2 aromatic rings. The summed E-state index contributed by atoms with van der Waals surface area (Å²) in [4.78, 5) is 0. The molecule has 0 saturated heterocycles. The van der Waals surface area contributed by atoms with Crippen LogP contribution in [0.2, 0.25) is 22.2 Å². The molecule has 0 aromatic heterocycles. The topological polar surface area (TPSA) is 0 Å². The van der Waals surface area contributed by atoms with Crippen molar-refractivity contribution in [2.24, 2.45) is 5.92 Å². The Kier molecular flexibility index (Phi) is 5.37. The van der Waals surface area contributed by atoms with Crippen LogP contribution >= 0.6 is 0 Å². The van der Waals surface area contributed by atoms with Crippen LogP contribution in [0.1, 0.15) is 33.3 Å². The second-order valence-corrected chi connectivity index (χ2v) is 36.5. The Hall–Kier alpha value is -1.15. The van der Waals surface area contributed by atoms with Gasteiger partial charge in [0.25, 0.3) is 0 Å². The number of rotatable bonds is 4. The van der Waals surface area contributed by atoms with Gasteiger partial charge >= 0.3 is 174 Å². The first-order valence-corrected chi connectivity index (χ1v) is 20.9. The normalized spacial score (nSPS) is 21.5. The van der Waals surface area contributed by atoms with Gasteiger partial charge in [-0.05, 0) is 0 Å². The Morgan fingerprint density at radius 1 is 0.714 bits per heavy atom. The van der Waals surface area contributed by atoms with Crippen LogP contribution in [0.4, 0.5) is 0 Å². The Balaban J connectivity index is 2.37. The van der Waals surface area contributed by atoms with Gasteiger partial charge in [0.2, 0.25) is 0 Å². The summed E-state index contributed by atoms with van der Waals surface area (Å²) in [5.41, 5.74) is 6.07. The van der Waals surface area contributed by atoms with E-state index in [0.717, 1.165) is 0 Å². The summed E-state index contributed by atoms with van der Waals surface area (Å²) in [5, 5.41) is 11.4. The van der Waals surface area contributed by atoms with E-state index in [1.807, 2.05) is 3.88 Å². The molecule has 149 valence electrons. The van der Waals surface area contributed by atoms with Gasteiger partial charge in [0.15, 0.2) is 0 Å². The molecule has 0 radical (unpaired) electrons. The van der Waals surface area contributed by atoms with Crippen molar-refractivity contribution in [3.63, 3.8) is 0 Å². The summed E-state index contributed by atoms with van der Waals surface area (Å²) in [6.07, 6.45) is 0. The van der Waals surface area contributed by atoms with Gasteiger partial charge in [-0.2, -0.15) is 0 Å². The van der Waals surface area contributed by atoms with E-state index in [0.29, 0.717) is 5.92 Å². The zero-order chi connectivity index (χ0) is 20.9. The summed E-state index contributed by atoms with van der Waals surface area (Å²) in [6.45, 7) is 14.4. The third kappa shape index (κ3) is 2.98. The summed E-state index contributed by atoms with van der Waals surface area (Å²) < 4.78 is 1.82. The van der Waals surface area contributed by atoms with Gasteiger partial charge < -0.3 is 0 Å². The Bertz CT molecular complexity index is 955. The Labute approximate surface area is 173 Å². The van der Waals surface area contributed by atoms with Gasteiger partial charge in [-0.3, -0.25) is 0 Å². The molecule has 0 bridgehead atoms. The quantitative estimate of drug-likeness (QED) is 0.474. The van der Waals surface area contributed by atoms with Crippen LogP contribution in [0.25, 0.3) is 0 Å². The minimum absolute atomic E-state index is 0.581. The van der Waals surface area contributed by atoms with Gasteiger partial charge in [0, 0.05) is 0 Å². The molecule has 1 aliphatic carbocycles. The predicted molar refractivity (Wildman–Crippen MR) is 126 cm³/mol. The van der Waals surface area contributed by atoms with E-state index in [2.05, 4.69) is 111 Å². The van der Waals surface area contributed by atoms with Crippen LogP contribution in [0.3, 0.4) is 0 Å². The first-order valence-electron chi connectivity index (χ1n) is 10.6. The van der Waals surface area contributed by atoms with Crippen molar-refractivity contribution in [3.8, 4) is 0 Å². The summed E-state index contributed by atoms with van der Waals surface area (Å²) in [7, 11) is 0. The standard InChI is InChI=1S/C14H15Si.C9H13.3CH3.Ti/c1-12-8-10-14(11-9-12)15(2)13-6-4-3-5-7-13;1-6-5-7(2)9(4)8(6)3;;;;/h3-11H,1-2H3;6H,1-4H3;3*1H3;. The Morgan fingerprint density at radius 2 is 1.21 bits per heavy atom. The zero-order valence-electron chi connectivity index (χ0n) is 19.3. The van der Waals surface area contributed by atoms with Gasteiger partial charge in [-0.1, -0.05) is 0 Å². The van der Waals surface area contributed by atoms with Crippen LogP contribution in [0, 0.1) is 12.8 Å². The third-order valence-electron chi connectivity index (χ3n) is 8.31. The summed E-state index contributed by atoms with van der Waals surface area (Å²) in [6, 6.07) is 21.0. The minimum atomic E-state index is -3.15. The zero-order valence-corrected chi connectivity index (χ0v) is 21.8. The first kappa shape index (κ1) is 21.6. The van der Waals surface area contributed by atoms with Crippen LogP contribution in [0.5, 0.6) is 0 Å². The van der Waals surface area contributed by atoms with Crippen molar-refractivity contribution in [1.82, 2.24) is 0 Å². The van der Waals surface area contributed by atoms with Crippen LogP contribution in [0.15, 0.2) is 75.2 Å². The van der Waals surface area contributed by atoms with Crippen molar-refractivity contribution in [3.05, 3.63) is 80.8 Å². The van der Waals surface area contributed by atoms with E-state index in [1.165, 1.54) is 11.1 Å². The maximum atomic E-state index is 2.72. The van der Waals surface area contributed by atoms with Gasteiger partial charge in [0.1, 0.15) is 0 Å². The van der Waals surface area contributed by atoms with Gasteiger partial charge in [-0.25, -0.2) is 0 Å². The molecule has 2 heteroatoms. The molecule has 0 fully saturated rings. The molecule has 3 rings (SSSR count). The number of benzene rings is 2. The van der Waals surface area contributed by atoms with E-state index in [4.69, 9.17) is 0 Å². The number of allylic oxidation sites excluding steroid dienone is 4. The van der Waals surface area contributed by atoms with Crippen molar-refractivity contribution in [1.29, 1.82) is 0 Å². The van der Waals surface area contributed by atoms with Crippen LogP contribution in [-0.4, -0.2) is 5.94 Å². The molecular weight excluding hydrogens is 388 g/mol. The summed E-state index contributed by atoms with van der Waals surface area (Å²) >= 11 is -3.15. The number of hydrogen-bond acceptors (Lipinski definition) is 0. The molecular formula is C26H37SiTi. The van der Waals surface area contributed by atoms with Crippen molar-refractivity contribution >= 4 is 16.3 Å². The maximum absolute atomic E-state index is 3.15. The number of aryl methyl sites for hydroxylation is 1. The van der Waals surface area contributed by atoms with Crippen LogP contribution < -0.4 is 10.4 Å².